The van der Waals surface area contributed by atoms with Crippen LogP contribution in [0.5, 0.6) is 11.5 Å². The van der Waals surface area contributed by atoms with E-state index in [1.54, 1.807) is 20.3 Å². The predicted octanol–water partition coefficient (Wildman–Crippen LogP) is 2.58. The molecule has 2 aromatic carbocycles. The number of nitrogens with one attached hydrogen (secondary N) is 1. The van der Waals surface area contributed by atoms with E-state index in [0.717, 1.165) is 11.1 Å². The highest BCUT2D eigenvalue weighted by Crippen LogP contribution is 2.27. The molecule has 6 heteroatoms. The van der Waals surface area contributed by atoms with E-state index in [1.807, 2.05) is 36.4 Å². The zero-order valence-corrected chi connectivity index (χ0v) is 13.4. The van der Waals surface area contributed by atoms with Crippen LogP contribution >= 0.6 is 0 Å². The third-order valence-corrected chi connectivity index (χ3v) is 3.58. The van der Waals surface area contributed by atoms with Gasteiger partial charge in [0.05, 0.1) is 31.4 Å². The Balaban J connectivity index is 1.72. The van der Waals surface area contributed by atoms with E-state index in [0.29, 0.717) is 23.6 Å². The Hall–Kier alpha value is -3.15. The standard InChI is InChI=1S/C18H17N3O3/c1-23-16-8-7-12(9-17(16)24-2)10-20-18(22)15-11-19-13-5-3-4-6-14(13)21-15/h3-9,11H,10H2,1-2H3,(H,20,22). The van der Waals surface area contributed by atoms with Gasteiger partial charge in [-0.25, -0.2) is 4.98 Å². The fourth-order valence-electron chi connectivity index (χ4n) is 2.33. The summed E-state index contributed by atoms with van der Waals surface area (Å²) in [5, 5.41) is 2.83. The number of hydrogen-bond acceptors (Lipinski definition) is 5. The van der Waals surface area contributed by atoms with Gasteiger partial charge in [-0.2, -0.15) is 0 Å². The maximum atomic E-state index is 12.3. The van der Waals surface area contributed by atoms with Gasteiger partial charge in [-0.15, -0.1) is 0 Å². The molecule has 0 atom stereocenters. The molecular formula is C18H17N3O3. The maximum absolute atomic E-state index is 12.3. The van der Waals surface area contributed by atoms with E-state index in [4.69, 9.17) is 9.47 Å². The molecule has 0 bridgehead atoms. The zero-order chi connectivity index (χ0) is 16.9. The van der Waals surface area contributed by atoms with Crippen LogP contribution in [0.2, 0.25) is 0 Å². The van der Waals surface area contributed by atoms with E-state index in [9.17, 15) is 4.79 Å². The molecule has 0 saturated heterocycles. The lowest BCUT2D eigenvalue weighted by atomic mass is 10.2. The van der Waals surface area contributed by atoms with E-state index in [-0.39, 0.29) is 11.6 Å². The predicted molar refractivity (Wildman–Crippen MR) is 90.3 cm³/mol. The minimum absolute atomic E-state index is 0.275. The van der Waals surface area contributed by atoms with Crippen molar-refractivity contribution in [1.82, 2.24) is 15.3 Å². The molecular weight excluding hydrogens is 306 g/mol. The van der Waals surface area contributed by atoms with Crippen molar-refractivity contribution in [2.75, 3.05) is 14.2 Å². The second kappa shape index (κ2) is 6.95. The number of carbonyl (C=O) groups excluding carboxylic acids is 1. The van der Waals surface area contributed by atoms with Gasteiger partial charge in [-0.3, -0.25) is 9.78 Å². The lowest BCUT2D eigenvalue weighted by molar-refractivity contribution is 0.0946. The molecule has 0 unspecified atom stereocenters. The number of para-hydroxylation sites is 2. The molecule has 0 aliphatic heterocycles. The van der Waals surface area contributed by atoms with Crippen LogP contribution in [0.4, 0.5) is 0 Å². The molecule has 3 rings (SSSR count). The SMILES string of the molecule is COc1ccc(CNC(=O)c2cnc3ccccc3n2)cc1OC. The summed E-state index contributed by atoms with van der Waals surface area (Å²) < 4.78 is 10.5. The number of fused-ring (bicyclic) bond motifs is 1. The monoisotopic (exact) mass is 323 g/mol. The molecule has 6 nitrogen and oxygen atoms in total. The molecule has 1 aromatic heterocycles. The summed E-state index contributed by atoms with van der Waals surface area (Å²) in [6.45, 7) is 0.355. The number of hydrogen-bond donors (Lipinski definition) is 1. The van der Waals surface area contributed by atoms with Crippen LogP contribution in [0.15, 0.2) is 48.7 Å². The van der Waals surface area contributed by atoms with Crippen LogP contribution in [0.1, 0.15) is 16.1 Å². The highest BCUT2D eigenvalue weighted by Gasteiger charge is 2.10. The Morgan fingerprint density at radius 2 is 1.79 bits per heavy atom. The van der Waals surface area contributed by atoms with Crippen molar-refractivity contribution in [2.45, 2.75) is 6.54 Å². The number of carbonyl (C=O) groups is 1. The molecule has 122 valence electrons. The number of ether oxygens (including phenoxy) is 2. The average Bonchev–Trinajstić information content (AvgIpc) is 2.65. The first-order valence-electron chi connectivity index (χ1n) is 7.42. The van der Waals surface area contributed by atoms with Crippen LogP contribution in [0.25, 0.3) is 11.0 Å². The van der Waals surface area contributed by atoms with Gasteiger partial charge in [0.15, 0.2) is 11.5 Å². The summed E-state index contributed by atoms with van der Waals surface area (Å²) in [6.07, 6.45) is 1.48. The number of rotatable bonds is 5. The van der Waals surface area contributed by atoms with Gasteiger partial charge in [-0.05, 0) is 29.8 Å². The van der Waals surface area contributed by atoms with Crippen molar-refractivity contribution in [3.8, 4) is 11.5 Å². The molecule has 0 saturated carbocycles. The van der Waals surface area contributed by atoms with Crippen LogP contribution in [-0.2, 0) is 6.54 Å². The number of nitrogens with zero attached hydrogens (tertiary/aromatic N) is 2. The van der Waals surface area contributed by atoms with Gasteiger partial charge in [-0.1, -0.05) is 18.2 Å². The third kappa shape index (κ3) is 3.27. The largest absolute Gasteiger partial charge is 0.493 e. The molecule has 0 fully saturated rings. The molecule has 0 radical (unpaired) electrons. The van der Waals surface area contributed by atoms with E-state index in [1.165, 1.54) is 6.20 Å². The molecule has 1 heterocycles. The summed E-state index contributed by atoms with van der Waals surface area (Å²) in [5.41, 5.74) is 2.63. The summed E-state index contributed by atoms with van der Waals surface area (Å²) in [4.78, 5) is 20.8. The maximum Gasteiger partial charge on any atom is 0.271 e. The summed E-state index contributed by atoms with van der Waals surface area (Å²) in [7, 11) is 3.16. The van der Waals surface area contributed by atoms with Crippen molar-refractivity contribution < 1.29 is 14.3 Å². The first-order chi connectivity index (χ1) is 11.7. The Morgan fingerprint density at radius 3 is 2.54 bits per heavy atom. The van der Waals surface area contributed by atoms with E-state index < -0.39 is 0 Å². The zero-order valence-electron chi connectivity index (χ0n) is 13.4. The Kier molecular flexibility index (Phi) is 4.56. The molecule has 3 aromatic rings. The van der Waals surface area contributed by atoms with Gasteiger partial charge < -0.3 is 14.8 Å². The smallest absolute Gasteiger partial charge is 0.271 e. The summed E-state index contributed by atoms with van der Waals surface area (Å²) in [5.74, 6) is 0.991. The topological polar surface area (TPSA) is 73.3 Å². The highest BCUT2D eigenvalue weighted by molar-refractivity contribution is 5.93. The quantitative estimate of drug-likeness (QED) is 0.781. The van der Waals surface area contributed by atoms with Gasteiger partial charge in [0, 0.05) is 6.54 Å². The molecule has 0 aliphatic carbocycles. The second-order valence-electron chi connectivity index (χ2n) is 5.12. The van der Waals surface area contributed by atoms with Crippen LogP contribution in [0.3, 0.4) is 0 Å². The van der Waals surface area contributed by atoms with Crippen LogP contribution in [0, 0.1) is 0 Å². The van der Waals surface area contributed by atoms with Crippen molar-refractivity contribution >= 4 is 16.9 Å². The third-order valence-electron chi connectivity index (χ3n) is 3.58. The minimum atomic E-state index is -0.275. The van der Waals surface area contributed by atoms with Gasteiger partial charge in [0.25, 0.3) is 5.91 Å². The number of amides is 1. The van der Waals surface area contributed by atoms with Crippen LogP contribution in [-0.4, -0.2) is 30.1 Å². The Labute approximate surface area is 139 Å². The second-order valence-corrected chi connectivity index (χ2v) is 5.12. The Bertz CT molecular complexity index is 880. The molecule has 0 aliphatic rings. The van der Waals surface area contributed by atoms with Crippen molar-refractivity contribution in [1.29, 1.82) is 0 Å². The minimum Gasteiger partial charge on any atom is -0.493 e. The lowest BCUT2D eigenvalue weighted by Gasteiger charge is -2.10. The number of benzene rings is 2. The van der Waals surface area contributed by atoms with E-state index >= 15 is 0 Å². The van der Waals surface area contributed by atoms with Crippen molar-refractivity contribution in [3.63, 3.8) is 0 Å². The molecule has 1 N–H and O–H groups in total. The molecule has 0 spiro atoms. The normalized spacial score (nSPS) is 10.4. The summed E-state index contributed by atoms with van der Waals surface area (Å²) >= 11 is 0. The number of aromatic nitrogens is 2. The fraction of sp³-hybridized carbons (Fsp3) is 0.167. The molecule has 1 amide bonds. The number of methoxy groups -OCH3 is 2. The first-order valence-corrected chi connectivity index (χ1v) is 7.42. The Morgan fingerprint density at radius 1 is 1.04 bits per heavy atom. The average molecular weight is 323 g/mol. The lowest BCUT2D eigenvalue weighted by Crippen LogP contribution is -2.24. The van der Waals surface area contributed by atoms with Gasteiger partial charge >= 0.3 is 0 Å². The van der Waals surface area contributed by atoms with Crippen molar-refractivity contribution in [3.05, 3.63) is 59.9 Å². The first kappa shape index (κ1) is 15.7. The summed E-state index contributed by atoms with van der Waals surface area (Å²) in [6, 6.07) is 12.9. The van der Waals surface area contributed by atoms with Gasteiger partial charge in [0.2, 0.25) is 0 Å². The highest BCUT2D eigenvalue weighted by atomic mass is 16.5. The van der Waals surface area contributed by atoms with E-state index in [2.05, 4.69) is 15.3 Å². The fourth-order valence-corrected chi connectivity index (χ4v) is 2.33. The molecule has 24 heavy (non-hydrogen) atoms. The van der Waals surface area contributed by atoms with Crippen LogP contribution < -0.4 is 14.8 Å². The van der Waals surface area contributed by atoms with Crippen molar-refractivity contribution in [2.24, 2.45) is 0 Å². The van der Waals surface area contributed by atoms with Gasteiger partial charge in [0.1, 0.15) is 5.69 Å².